The number of carbonyl (C=O) groups excluding carboxylic acids is 1. The van der Waals surface area contributed by atoms with Gasteiger partial charge in [0.15, 0.2) is 8.32 Å². The third-order valence-electron chi connectivity index (χ3n) is 7.72. The van der Waals surface area contributed by atoms with E-state index in [1.807, 2.05) is 24.3 Å². The van der Waals surface area contributed by atoms with Gasteiger partial charge in [0.1, 0.15) is 18.5 Å². The molecule has 0 unspecified atom stereocenters. The largest absolute Gasteiger partial charge is 0.467 e. The van der Waals surface area contributed by atoms with Crippen LogP contribution in [-0.2, 0) is 9.16 Å². The van der Waals surface area contributed by atoms with Gasteiger partial charge in [-0.3, -0.25) is 0 Å². The maximum atomic E-state index is 13.2. The molecule has 0 spiro atoms. The minimum absolute atomic E-state index is 0.0170. The number of amides is 1. The fourth-order valence-corrected chi connectivity index (χ4v) is 5.87. The third-order valence-corrected chi connectivity index (χ3v) is 12.2. The number of ether oxygens (including phenoxy) is 1. The first-order valence-electron chi connectivity index (χ1n) is 12.8. The van der Waals surface area contributed by atoms with Crippen LogP contribution >= 0.6 is 0 Å². The van der Waals surface area contributed by atoms with Gasteiger partial charge < -0.3 is 18.9 Å². The number of alkyl carbamates (subject to hydrolysis) is 1. The topological polar surface area (TPSA) is 60.7 Å². The standard InChI is InChI=1S/C30H39NO4Si/c1-20(2)27(28(26-17-12-18-33-26)35-36(6,7)30(3,4)5)31-29(32)34-19-25-23-15-10-8-13-21(23)22-14-9-11-16-24(22)25/h8-18,20,25,27-28H,19H2,1-7H3,(H,31,32)/t27-,28+/m0/s1. The summed E-state index contributed by atoms with van der Waals surface area (Å²) in [7, 11) is -2.15. The van der Waals surface area contributed by atoms with Crippen molar-refractivity contribution in [2.45, 2.75) is 70.8 Å². The van der Waals surface area contributed by atoms with E-state index in [-0.39, 0.29) is 29.5 Å². The number of furan rings is 1. The summed E-state index contributed by atoms with van der Waals surface area (Å²) in [6.45, 7) is 15.5. The second-order valence-electron chi connectivity index (χ2n) is 11.6. The number of rotatable bonds is 8. The molecule has 3 aromatic rings. The Labute approximate surface area is 216 Å². The molecule has 2 aromatic carbocycles. The van der Waals surface area contributed by atoms with Gasteiger partial charge >= 0.3 is 6.09 Å². The van der Waals surface area contributed by atoms with E-state index in [2.05, 4.69) is 89.4 Å². The summed E-state index contributed by atoms with van der Waals surface area (Å²) in [5.74, 6) is 0.841. The Kier molecular flexibility index (Phi) is 7.48. The van der Waals surface area contributed by atoms with Gasteiger partial charge in [0.05, 0.1) is 12.3 Å². The SMILES string of the molecule is CC(C)[C@H](NC(=O)OCC1c2ccccc2-c2ccccc21)[C@H](O[Si](C)(C)C(C)(C)C)c1ccco1. The molecule has 1 aliphatic carbocycles. The van der Waals surface area contributed by atoms with Gasteiger partial charge in [0.2, 0.25) is 0 Å². The van der Waals surface area contributed by atoms with E-state index in [0.29, 0.717) is 0 Å². The Morgan fingerprint density at radius 3 is 2.06 bits per heavy atom. The number of fused-ring (bicyclic) bond motifs is 3. The van der Waals surface area contributed by atoms with E-state index in [0.717, 1.165) is 5.76 Å². The Morgan fingerprint density at radius 1 is 0.972 bits per heavy atom. The molecule has 6 heteroatoms. The lowest BCUT2D eigenvalue weighted by Gasteiger charge is -2.41. The summed E-state index contributed by atoms with van der Waals surface area (Å²) in [6.07, 6.45) is 0.814. The Balaban J connectivity index is 1.51. The molecular formula is C30H39NO4Si. The first-order valence-corrected chi connectivity index (χ1v) is 15.7. The van der Waals surface area contributed by atoms with Crippen molar-refractivity contribution in [2.75, 3.05) is 6.61 Å². The van der Waals surface area contributed by atoms with Gasteiger partial charge in [-0.1, -0.05) is 83.1 Å². The van der Waals surface area contributed by atoms with Crippen molar-refractivity contribution in [3.8, 4) is 11.1 Å². The molecule has 0 bridgehead atoms. The van der Waals surface area contributed by atoms with Crippen LogP contribution in [0.5, 0.6) is 0 Å². The number of carbonyl (C=O) groups is 1. The molecule has 0 saturated carbocycles. The normalized spacial score (nSPS) is 15.3. The molecule has 5 nitrogen and oxygen atoms in total. The zero-order valence-corrected chi connectivity index (χ0v) is 23.5. The summed E-state index contributed by atoms with van der Waals surface area (Å²) in [4.78, 5) is 13.2. The zero-order valence-electron chi connectivity index (χ0n) is 22.5. The molecule has 1 amide bonds. The fraction of sp³-hybridized carbons (Fsp3) is 0.433. The van der Waals surface area contributed by atoms with Crippen molar-refractivity contribution in [1.29, 1.82) is 0 Å². The zero-order chi connectivity index (χ0) is 26.1. The molecule has 2 atom stereocenters. The van der Waals surface area contributed by atoms with Crippen molar-refractivity contribution in [3.63, 3.8) is 0 Å². The van der Waals surface area contributed by atoms with E-state index in [1.54, 1.807) is 6.26 Å². The van der Waals surface area contributed by atoms with Gasteiger partial charge in [-0.2, -0.15) is 0 Å². The number of hydrogen-bond donors (Lipinski definition) is 1. The number of benzene rings is 2. The van der Waals surface area contributed by atoms with Crippen LogP contribution in [0.2, 0.25) is 18.1 Å². The molecule has 1 heterocycles. The predicted molar refractivity (Wildman–Crippen MR) is 147 cm³/mol. The molecule has 4 rings (SSSR count). The van der Waals surface area contributed by atoms with Crippen LogP contribution < -0.4 is 5.32 Å². The smallest absolute Gasteiger partial charge is 0.407 e. The van der Waals surface area contributed by atoms with Crippen LogP contribution in [0.3, 0.4) is 0 Å². The molecule has 0 saturated heterocycles. The van der Waals surface area contributed by atoms with Crippen LogP contribution in [0, 0.1) is 5.92 Å². The molecule has 1 aromatic heterocycles. The van der Waals surface area contributed by atoms with Gasteiger partial charge in [0.25, 0.3) is 0 Å². The van der Waals surface area contributed by atoms with E-state index in [9.17, 15) is 4.79 Å². The Morgan fingerprint density at radius 2 is 1.56 bits per heavy atom. The van der Waals surface area contributed by atoms with Crippen molar-refractivity contribution in [1.82, 2.24) is 5.32 Å². The first-order chi connectivity index (χ1) is 17.0. The van der Waals surface area contributed by atoms with E-state index < -0.39 is 20.5 Å². The molecule has 1 aliphatic rings. The highest BCUT2D eigenvalue weighted by Crippen LogP contribution is 2.45. The summed E-state index contributed by atoms with van der Waals surface area (Å²) < 4.78 is 18.5. The van der Waals surface area contributed by atoms with Crippen molar-refractivity contribution in [3.05, 3.63) is 83.8 Å². The van der Waals surface area contributed by atoms with Crippen molar-refractivity contribution >= 4 is 14.4 Å². The predicted octanol–water partition coefficient (Wildman–Crippen LogP) is 7.91. The highest BCUT2D eigenvalue weighted by molar-refractivity contribution is 6.74. The van der Waals surface area contributed by atoms with E-state index in [4.69, 9.17) is 13.6 Å². The minimum Gasteiger partial charge on any atom is -0.467 e. The number of nitrogens with one attached hydrogen (secondary N) is 1. The molecule has 0 aliphatic heterocycles. The van der Waals surface area contributed by atoms with Gasteiger partial charge in [-0.05, 0) is 58.4 Å². The maximum absolute atomic E-state index is 13.2. The van der Waals surface area contributed by atoms with Gasteiger partial charge in [-0.25, -0.2) is 4.79 Å². The molecule has 1 N–H and O–H groups in total. The highest BCUT2D eigenvalue weighted by atomic mass is 28.4. The minimum atomic E-state index is -2.15. The molecule has 36 heavy (non-hydrogen) atoms. The molecular weight excluding hydrogens is 466 g/mol. The van der Waals surface area contributed by atoms with Crippen LogP contribution in [-0.4, -0.2) is 27.1 Å². The summed E-state index contributed by atoms with van der Waals surface area (Å²) in [6, 6.07) is 20.2. The average molecular weight is 506 g/mol. The van der Waals surface area contributed by atoms with Crippen LogP contribution in [0.15, 0.2) is 71.3 Å². The van der Waals surface area contributed by atoms with Crippen LogP contribution in [0.4, 0.5) is 4.79 Å². The Hall–Kier alpha value is -2.83. The summed E-state index contributed by atoms with van der Waals surface area (Å²) >= 11 is 0. The van der Waals surface area contributed by atoms with Gasteiger partial charge in [0, 0.05) is 5.92 Å². The van der Waals surface area contributed by atoms with Gasteiger partial charge in [-0.15, -0.1) is 0 Å². The third kappa shape index (κ3) is 5.30. The summed E-state index contributed by atoms with van der Waals surface area (Å²) in [5, 5.41) is 3.14. The fourth-order valence-electron chi connectivity index (χ4n) is 4.62. The van der Waals surface area contributed by atoms with Crippen LogP contribution in [0.25, 0.3) is 11.1 Å². The second kappa shape index (κ2) is 10.3. The quantitative estimate of drug-likeness (QED) is 0.316. The van der Waals surface area contributed by atoms with Crippen LogP contribution in [0.1, 0.15) is 63.5 Å². The maximum Gasteiger partial charge on any atom is 0.407 e. The molecule has 192 valence electrons. The number of hydrogen-bond acceptors (Lipinski definition) is 4. The first kappa shape index (κ1) is 26.2. The van der Waals surface area contributed by atoms with E-state index in [1.165, 1.54) is 22.3 Å². The van der Waals surface area contributed by atoms with Crippen molar-refractivity contribution < 1.29 is 18.4 Å². The lowest BCUT2D eigenvalue weighted by atomic mass is 9.97. The molecule has 0 fully saturated rings. The summed E-state index contributed by atoms with van der Waals surface area (Å²) in [5.41, 5.74) is 4.81. The monoisotopic (exact) mass is 505 g/mol. The van der Waals surface area contributed by atoms with E-state index >= 15 is 0 Å². The Bertz CT molecular complexity index is 1130. The lowest BCUT2D eigenvalue weighted by Crippen LogP contribution is -2.49. The lowest BCUT2D eigenvalue weighted by molar-refractivity contribution is 0.0805. The highest BCUT2D eigenvalue weighted by Gasteiger charge is 2.43. The second-order valence-corrected chi connectivity index (χ2v) is 16.3. The van der Waals surface area contributed by atoms with Crippen molar-refractivity contribution in [2.24, 2.45) is 5.92 Å². The average Bonchev–Trinajstić information content (AvgIpc) is 3.46. The molecule has 0 radical (unpaired) electrons.